The molecule has 0 spiro atoms. The first kappa shape index (κ1) is 16.0. The Morgan fingerprint density at radius 1 is 1.32 bits per heavy atom. The lowest BCUT2D eigenvalue weighted by Gasteiger charge is -2.13. The van der Waals surface area contributed by atoms with Gasteiger partial charge in [-0.15, -0.1) is 0 Å². The third-order valence-corrected chi connectivity index (χ3v) is 6.11. The summed E-state index contributed by atoms with van der Waals surface area (Å²) in [5, 5.41) is 8.13. The number of halogens is 2. The molecule has 0 amide bonds. The minimum atomic E-state index is -3.99. The number of rotatable bonds is 5. The summed E-state index contributed by atoms with van der Waals surface area (Å²) >= 11 is 5.75. The minimum absolute atomic E-state index is 0.113. The van der Waals surface area contributed by atoms with Crippen molar-refractivity contribution in [2.24, 2.45) is 22.9 Å². The van der Waals surface area contributed by atoms with Crippen LogP contribution in [0.1, 0.15) is 32.1 Å². The maximum absolute atomic E-state index is 13.5. The van der Waals surface area contributed by atoms with Crippen LogP contribution >= 0.6 is 11.6 Å². The van der Waals surface area contributed by atoms with E-state index in [1.165, 1.54) is 38.2 Å². The molecule has 0 bridgehead atoms. The second-order valence-electron chi connectivity index (χ2n) is 6.39. The van der Waals surface area contributed by atoms with Crippen molar-refractivity contribution < 1.29 is 12.8 Å². The Morgan fingerprint density at radius 2 is 2.00 bits per heavy atom. The van der Waals surface area contributed by atoms with Gasteiger partial charge in [-0.25, -0.2) is 17.9 Å². The number of anilines is 1. The normalized spacial score (nSPS) is 25.4. The van der Waals surface area contributed by atoms with Crippen molar-refractivity contribution in [1.82, 2.24) is 0 Å². The summed E-state index contributed by atoms with van der Waals surface area (Å²) in [6.45, 7) is 0.672. The Hall–Kier alpha value is -0.850. The molecule has 2 atom stereocenters. The molecule has 2 fully saturated rings. The molecule has 2 unspecified atom stereocenters. The van der Waals surface area contributed by atoms with E-state index in [2.05, 4.69) is 5.32 Å². The van der Waals surface area contributed by atoms with E-state index in [4.69, 9.17) is 16.7 Å². The highest BCUT2D eigenvalue weighted by Gasteiger charge is 2.43. The lowest BCUT2D eigenvalue weighted by molar-refractivity contribution is 0.453. The predicted molar refractivity (Wildman–Crippen MR) is 84.8 cm³/mol. The lowest BCUT2D eigenvalue weighted by Crippen LogP contribution is -2.17. The fourth-order valence-corrected chi connectivity index (χ4v) is 4.48. The van der Waals surface area contributed by atoms with Crippen LogP contribution in [-0.2, 0) is 10.0 Å². The molecule has 22 heavy (non-hydrogen) atoms. The number of benzene rings is 1. The molecule has 0 aromatic heterocycles. The van der Waals surface area contributed by atoms with Gasteiger partial charge < -0.3 is 5.32 Å². The maximum Gasteiger partial charge on any atom is 0.240 e. The van der Waals surface area contributed by atoms with Crippen molar-refractivity contribution in [2.45, 2.75) is 37.0 Å². The summed E-state index contributed by atoms with van der Waals surface area (Å²) in [5.74, 6) is 1.33. The van der Waals surface area contributed by atoms with Crippen molar-refractivity contribution in [3.63, 3.8) is 0 Å². The number of nitrogens with two attached hydrogens (primary N) is 1. The second kappa shape index (κ2) is 5.98. The van der Waals surface area contributed by atoms with E-state index in [1.807, 2.05) is 0 Å². The van der Waals surface area contributed by atoms with Gasteiger partial charge in [0.2, 0.25) is 10.0 Å². The van der Waals surface area contributed by atoms with Crippen LogP contribution in [-0.4, -0.2) is 15.0 Å². The van der Waals surface area contributed by atoms with E-state index in [0.29, 0.717) is 12.5 Å². The van der Waals surface area contributed by atoms with Gasteiger partial charge in [0.1, 0.15) is 10.7 Å². The average molecular weight is 347 g/mol. The van der Waals surface area contributed by atoms with Crippen LogP contribution in [0.15, 0.2) is 17.0 Å². The van der Waals surface area contributed by atoms with Crippen LogP contribution in [0.25, 0.3) is 0 Å². The van der Waals surface area contributed by atoms with Gasteiger partial charge in [0.25, 0.3) is 0 Å². The number of primary sulfonamides is 1. The highest BCUT2D eigenvalue weighted by atomic mass is 35.5. The molecule has 2 saturated carbocycles. The second-order valence-corrected chi connectivity index (χ2v) is 8.33. The fraction of sp³-hybridized carbons (Fsp3) is 0.600. The number of hydrogen-bond acceptors (Lipinski definition) is 3. The molecule has 122 valence electrons. The first-order valence-electron chi connectivity index (χ1n) is 7.62. The summed E-state index contributed by atoms with van der Waals surface area (Å²) in [7, 11) is -3.99. The van der Waals surface area contributed by atoms with E-state index in [-0.39, 0.29) is 15.6 Å². The molecular weight excluding hydrogens is 327 g/mol. The Labute approximate surface area is 135 Å². The molecule has 7 heteroatoms. The van der Waals surface area contributed by atoms with E-state index in [1.54, 1.807) is 0 Å². The molecule has 2 aliphatic rings. The SMILES string of the molecule is NS(=O)(=O)c1cc(F)c(Cl)cc1NCC1CC1C1CCCC1. The minimum Gasteiger partial charge on any atom is -0.384 e. The molecule has 3 N–H and O–H groups in total. The van der Waals surface area contributed by atoms with Crippen molar-refractivity contribution in [3.8, 4) is 0 Å². The maximum atomic E-state index is 13.5. The molecular formula is C15H20ClFN2O2S. The summed E-state index contributed by atoms with van der Waals surface area (Å²) in [6.07, 6.45) is 6.45. The molecule has 1 aromatic carbocycles. The number of hydrogen-bond donors (Lipinski definition) is 2. The zero-order valence-corrected chi connectivity index (χ0v) is 13.8. The highest BCUT2D eigenvalue weighted by molar-refractivity contribution is 7.89. The van der Waals surface area contributed by atoms with Crippen molar-refractivity contribution in [1.29, 1.82) is 0 Å². The van der Waals surface area contributed by atoms with E-state index < -0.39 is 15.8 Å². The zero-order valence-electron chi connectivity index (χ0n) is 12.2. The van der Waals surface area contributed by atoms with Crippen LogP contribution < -0.4 is 10.5 Å². The fourth-order valence-electron chi connectivity index (χ4n) is 3.61. The standard InChI is InChI=1S/C15H20ClFN2O2S/c16-12-6-14(15(7-13(12)17)22(18,20)21)19-8-10-5-11(10)9-3-1-2-4-9/h6-7,9-11,19H,1-5,8H2,(H2,18,20,21). The van der Waals surface area contributed by atoms with Gasteiger partial charge in [-0.2, -0.15) is 0 Å². The smallest absolute Gasteiger partial charge is 0.240 e. The summed E-state index contributed by atoms with van der Waals surface area (Å²) in [5.41, 5.74) is 0.283. The number of nitrogens with one attached hydrogen (secondary N) is 1. The van der Waals surface area contributed by atoms with Gasteiger partial charge in [-0.1, -0.05) is 37.3 Å². The van der Waals surface area contributed by atoms with Crippen LogP contribution in [0.4, 0.5) is 10.1 Å². The topological polar surface area (TPSA) is 72.2 Å². The third kappa shape index (κ3) is 3.39. The lowest BCUT2D eigenvalue weighted by atomic mass is 10.0. The Balaban J connectivity index is 1.69. The molecule has 0 aliphatic heterocycles. The monoisotopic (exact) mass is 346 g/mol. The molecule has 0 heterocycles. The predicted octanol–water partition coefficient (Wildman–Crippen LogP) is 3.36. The van der Waals surface area contributed by atoms with Gasteiger partial charge in [0, 0.05) is 6.54 Å². The first-order valence-corrected chi connectivity index (χ1v) is 9.54. The summed E-state index contributed by atoms with van der Waals surface area (Å²) < 4.78 is 36.6. The van der Waals surface area contributed by atoms with Crippen molar-refractivity contribution in [2.75, 3.05) is 11.9 Å². The van der Waals surface area contributed by atoms with Crippen LogP contribution in [0, 0.1) is 23.6 Å². The van der Waals surface area contributed by atoms with Crippen molar-refractivity contribution in [3.05, 3.63) is 23.0 Å². The quantitative estimate of drug-likeness (QED) is 0.858. The molecule has 2 aliphatic carbocycles. The molecule has 0 radical (unpaired) electrons. The van der Waals surface area contributed by atoms with E-state index in [9.17, 15) is 12.8 Å². The van der Waals surface area contributed by atoms with Crippen LogP contribution in [0.5, 0.6) is 0 Å². The third-order valence-electron chi connectivity index (χ3n) is 4.87. The average Bonchev–Trinajstić information content (AvgIpc) is 3.00. The Bertz CT molecular complexity index is 674. The van der Waals surface area contributed by atoms with Crippen molar-refractivity contribution >= 4 is 27.3 Å². The summed E-state index contributed by atoms with van der Waals surface area (Å²) in [4.78, 5) is -0.243. The highest BCUT2D eigenvalue weighted by Crippen LogP contribution is 2.50. The molecule has 1 aromatic rings. The van der Waals surface area contributed by atoms with Gasteiger partial charge in [0.05, 0.1) is 10.7 Å². The molecule has 4 nitrogen and oxygen atoms in total. The Morgan fingerprint density at radius 3 is 2.64 bits per heavy atom. The van der Waals surface area contributed by atoms with Crippen LogP contribution in [0.3, 0.4) is 0 Å². The number of sulfonamides is 1. The summed E-state index contributed by atoms with van der Waals surface area (Å²) in [6, 6.07) is 2.17. The van der Waals surface area contributed by atoms with Gasteiger partial charge >= 0.3 is 0 Å². The first-order chi connectivity index (χ1) is 10.4. The Kier molecular flexibility index (Phi) is 4.36. The van der Waals surface area contributed by atoms with Gasteiger partial charge in [-0.3, -0.25) is 0 Å². The van der Waals surface area contributed by atoms with E-state index >= 15 is 0 Å². The van der Waals surface area contributed by atoms with Gasteiger partial charge in [0.15, 0.2) is 0 Å². The molecule has 0 saturated heterocycles. The zero-order chi connectivity index (χ0) is 15.9. The largest absolute Gasteiger partial charge is 0.384 e. The van der Waals surface area contributed by atoms with Gasteiger partial charge in [-0.05, 0) is 36.3 Å². The molecule has 3 rings (SSSR count). The van der Waals surface area contributed by atoms with Crippen LogP contribution in [0.2, 0.25) is 5.02 Å². The van der Waals surface area contributed by atoms with E-state index in [0.717, 1.165) is 17.9 Å².